The van der Waals surface area contributed by atoms with Crippen molar-refractivity contribution >= 4 is 5.97 Å². The van der Waals surface area contributed by atoms with Crippen LogP contribution in [0.2, 0.25) is 0 Å². The highest BCUT2D eigenvalue weighted by Crippen LogP contribution is 2.27. The van der Waals surface area contributed by atoms with Gasteiger partial charge in [-0.2, -0.15) is 5.10 Å². The summed E-state index contributed by atoms with van der Waals surface area (Å²) in [6, 6.07) is 0. The second-order valence-corrected chi connectivity index (χ2v) is 4.35. The molecule has 0 saturated heterocycles. The fourth-order valence-electron chi connectivity index (χ4n) is 2.01. The molecule has 0 N–H and O–H groups in total. The van der Waals surface area contributed by atoms with E-state index >= 15 is 0 Å². The van der Waals surface area contributed by atoms with Crippen LogP contribution in [0.1, 0.15) is 36.5 Å². The molecule has 0 aromatic carbocycles. The molecule has 1 saturated carbocycles. The van der Waals surface area contributed by atoms with Crippen LogP contribution in [-0.4, -0.2) is 21.9 Å². The van der Waals surface area contributed by atoms with Gasteiger partial charge >= 0.3 is 5.97 Å². The number of carbonyl (C=O) groups is 1. The molecule has 0 radical (unpaired) electrons. The van der Waals surface area contributed by atoms with Crippen LogP contribution >= 0.6 is 0 Å². The number of aryl methyl sites for hydroxylation is 1. The first-order valence-corrected chi connectivity index (χ1v) is 5.35. The van der Waals surface area contributed by atoms with Gasteiger partial charge in [-0.05, 0) is 25.2 Å². The van der Waals surface area contributed by atoms with E-state index in [9.17, 15) is 4.79 Å². The topological polar surface area (TPSA) is 44.1 Å². The summed E-state index contributed by atoms with van der Waals surface area (Å²) in [6.07, 6.45) is 6.47. The lowest BCUT2D eigenvalue weighted by molar-refractivity contribution is 0.0311. The number of esters is 1. The SMILES string of the molecule is C[C@@H]1CC[C@H](OC(=O)c2cnn(C)c2)C1. The summed E-state index contributed by atoms with van der Waals surface area (Å²) in [5.74, 6) is 0.430. The van der Waals surface area contributed by atoms with E-state index in [0.717, 1.165) is 19.3 Å². The number of rotatable bonds is 2. The van der Waals surface area contributed by atoms with Crippen molar-refractivity contribution in [2.45, 2.75) is 32.3 Å². The molecule has 2 rings (SSSR count). The van der Waals surface area contributed by atoms with E-state index < -0.39 is 0 Å². The number of carbonyl (C=O) groups excluding carboxylic acids is 1. The highest BCUT2D eigenvalue weighted by atomic mass is 16.5. The molecular weight excluding hydrogens is 192 g/mol. The summed E-state index contributed by atoms with van der Waals surface area (Å²) in [5, 5.41) is 3.94. The minimum absolute atomic E-state index is 0.104. The van der Waals surface area contributed by atoms with Crippen LogP contribution in [0.4, 0.5) is 0 Å². The van der Waals surface area contributed by atoms with E-state index in [4.69, 9.17) is 4.74 Å². The van der Waals surface area contributed by atoms with Gasteiger partial charge in [0.25, 0.3) is 0 Å². The van der Waals surface area contributed by atoms with Crippen LogP contribution in [0.25, 0.3) is 0 Å². The molecule has 0 aliphatic heterocycles. The Labute approximate surface area is 89.2 Å². The van der Waals surface area contributed by atoms with E-state index in [-0.39, 0.29) is 12.1 Å². The molecule has 1 aromatic rings. The van der Waals surface area contributed by atoms with Crippen molar-refractivity contribution in [2.24, 2.45) is 13.0 Å². The highest BCUT2D eigenvalue weighted by Gasteiger charge is 2.25. The van der Waals surface area contributed by atoms with Gasteiger partial charge in [0.15, 0.2) is 0 Å². The van der Waals surface area contributed by atoms with Gasteiger partial charge < -0.3 is 4.74 Å². The number of hydrogen-bond acceptors (Lipinski definition) is 3. The van der Waals surface area contributed by atoms with Crippen LogP contribution in [0.15, 0.2) is 12.4 Å². The first kappa shape index (κ1) is 10.2. The normalized spacial score (nSPS) is 25.5. The second kappa shape index (κ2) is 4.04. The molecule has 4 nitrogen and oxygen atoms in total. The zero-order valence-electron chi connectivity index (χ0n) is 9.14. The van der Waals surface area contributed by atoms with Crippen molar-refractivity contribution in [3.8, 4) is 0 Å². The largest absolute Gasteiger partial charge is 0.459 e. The third-order valence-electron chi connectivity index (χ3n) is 2.86. The van der Waals surface area contributed by atoms with Gasteiger partial charge in [-0.25, -0.2) is 4.79 Å². The maximum Gasteiger partial charge on any atom is 0.341 e. The molecule has 1 fully saturated rings. The Balaban J connectivity index is 1.92. The zero-order valence-corrected chi connectivity index (χ0v) is 9.14. The summed E-state index contributed by atoms with van der Waals surface area (Å²) < 4.78 is 6.99. The van der Waals surface area contributed by atoms with Gasteiger partial charge in [0, 0.05) is 13.2 Å². The van der Waals surface area contributed by atoms with Crippen molar-refractivity contribution in [3.05, 3.63) is 18.0 Å². The lowest BCUT2D eigenvalue weighted by Gasteiger charge is -2.10. The lowest BCUT2D eigenvalue weighted by atomic mass is 10.1. The maximum absolute atomic E-state index is 11.6. The monoisotopic (exact) mass is 208 g/mol. The second-order valence-electron chi connectivity index (χ2n) is 4.35. The molecule has 0 bridgehead atoms. The Morgan fingerprint density at radius 1 is 1.60 bits per heavy atom. The van der Waals surface area contributed by atoms with Gasteiger partial charge in [-0.1, -0.05) is 6.92 Å². The zero-order chi connectivity index (χ0) is 10.8. The van der Waals surface area contributed by atoms with E-state index in [1.807, 2.05) is 0 Å². The van der Waals surface area contributed by atoms with Crippen LogP contribution in [-0.2, 0) is 11.8 Å². The van der Waals surface area contributed by atoms with Crippen molar-refractivity contribution in [1.82, 2.24) is 9.78 Å². The Bertz CT molecular complexity index is 359. The number of nitrogens with zero attached hydrogens (tertiary/aromatic N) is 2. The van der Waals surface area contributed by atoms with Gasteiger partial charge in [-0.15, -0.1) is 0 Å². The number of ether oxygens (including phenoxy) is 1. The molecule has 1 heterocycles. The molecule has 4 heteroatoms. The van der Waals surface area contributed by atoms with E-state index in [0.29, 0.717) is 11.5 Å². The summed E-state index contributed by atoms with van der Waals surface area (Å²) in [5.41, 5.74) is 0.539. The Morgan fingerprint density at radius 2 is 2.40 bits per heavy atom. The van der Waals surface area contributed by atoms with E-state index in [1.165, 1.54) is 0 Å². The molecule has 0 amide bonds. The molecule has 1 aliphatic rings. The Hall–Kier alpha value is -1.32. The summed E-state index contributed by atoms with van der Waals surface area (Å²) in [6.45, 7) is 2.19. The van der Waals surface area contributed by atoms with Crippen molar-refractivity contribution in [3.63, 3.8) is 0 Å². The predicted octanol–water partition coefficient (Wildman–Crippen LogP) is 1.77. The lowest BCUT2D eigenvalue weighted by Crippen LogP contribution is -2.14. The fraction of sp³-hybridized carbons (Fsp3) is 0.636. The molecule has 15 heavy (non-hydrogen) atoms. The van der Waals surface area contributed by atoms with E-state index in [1.54, 1.807) is 24.1 Å². The van der Waals surface area contributed by atoms with Crippen molar-refractivity contribution in [2.75, 3.05) is 0 Å². The highest BCUT2D eigenvalue weighted by molar-refractivity contribution is 5.88. The average Bonchev–Trinajstić information content (AvgIpc) is 2.75. The predicted molar refractivity (Wildman–Crippen MR) is 55.4 cm³/mol. The van der Waals surface area contributed by atoms with Crippen LogP contribution in [0.3, 0.4) is 0 Å². The van der Waals surface area contributed by atoms with Crippen LogP contribution < -0.4 is 0 Å². The van der Waals surface area contributed by atoms with Crippen molar-refractivity contribution in [1.29, 1.82) is 0 Å². The van der Waals surface area contributed by atoms with Gasteiger partial charge in [0.05, 0.1) is 11.8 Å². The molecule has 1 aliphatic carbocycles. The first-order chi connectivity index (χ1) is 7.15. The molecule has 82 valence electrons. The molecule has 2 atom stereocenters. The quantitative estimate of drug-likeness (QED) is 0.696. The molecular formula is C11H16N2O2. The van der Waals surface area contributed by atoms with Crippen LogP contribution in [0.5, 0.6) is 0 Å². The van der Waals surface area contributed by atoms with E-state index in [2.05, 4.69) is 12.0 Å². The third kappa shape index (κ3) is 2.37. The molecule has 1 aromatic heterocycles. The molecule has 0 spiro atoms. The minimum Gasteiger partial charge on any atom is -0.459 e. The minimum atomic E-state index is -0.248. The summed E-state index contributed by atoms with van der Waals surface area (Å²) in [4.78, 5) is 11.6. The Kier molecular flexibility index (Phi) is 2.75. The van der Waals surface area contributed by atoms with Crippen molar-refractivity contribution < 1.29 is 9.53 Å². The van der Waals surface area contributed by atoms with Gasteiger partial charge in [0.1, 0.15) is 6.10 Å². The number of hydrogen-bond donors (Lipinski definition) is 0. The first-order valence-electron chi connectivity index (χ1n) is 5.35. The third-order valence-corrected chi connectivity index (χ3v) is 2.86. The smallest absolute Gasteiger partial charge is 0.341 e. The number of aromatic nitrogens is 2. The fourth-order valence-corrected chi connectivity index (χ4v) is 2.01. The van der Waals surface area contributed by atoms with Gasteiger partial charge in [0.2, 0.25) is 0 Å². The Morgan fingerprint density at radius 3 is 2.93 bits per heavy atom. The van der Waals surface area contributed by atoms with Gasteiger partial charge in [-0.3, -0.25) is 4.68 Å². The summed E-state index contributed by atoms with van der Waals surface area (Å²) >= 11 is 0. The maximum atomic E-state index is 11.6. The van der Waals surface area contributed by atoms with Crippen LogP contribution in [0, 0.1) is 5.92 Å². The summed E-state index contributed by atoms with van der Waals surface area (Å²) in [7, 11) is 1.79. The molecule has 0 unspecified atom stereocenters. The standard InChI is InChI=1S/C11H16N2O2/c1-8-3-4-10(5-8)15-11(14)9-6-12-13(2)7-9/h6-8,10H,3-5H2,1-2H3/t8-,10+/m1/s1. The average molecular weight is 208 g/mol.